The highest BCUT2D eigenvalue weighted by atomic mass is 16.5. The number of carbonyl (C=O) groups excluding carboxylic acids is 1. The van der Waals surface area contributed by atoms with Crippen molar-refractivity contribution in [3.05, 3.63) is 66.1 Å². The third-order valence-electron chi connectivity index (χ3n) is 4.79. The van der Waals surface area contributed by atoms with E-state index in [1.807, 2.05) is 36.4 Å². The quantitative estimate of drug-likeness (QED) is 0.686. The number of rotatable bonds is 4. The highest BCUT2D eigenvalue weighted by molar-refractivity contribution is 5.94. The van der Waals surface area contributed by atoms with Gasteiger partial charge in [-0.15, -0.1) is 0 Å². The molecule has 0 atom stereocenters. The van der Waals surface area contributed by atoms with Crippen LogP contribution < -0.4 is 14.2 Å². The molecule has 144 valence electrons. The third-order valence-corrected chi connectivity index (χ3v) is 4.79. The summed E-state index contributed by atoms with van der Waals surface area (Å²) < 4.78 is 22.1. The number of amides is 1. The van der Waals surface area contributed by atoms with Crippen molar-refractivity contribution in [2.24, 2.45) is 0 Å². The van der Waals surface area contributed by atoms with Gasteiger partial charge in [-0.05, 0) is 29.8 Å². The highest BCUT2D eigenvalue weighted by Crippen LogP contribution is 2.40. The Kier molecular flexibility index (Phi) is 4.93. The molecule has 0 fully saturated rings. The minimum absolute atomic E-state index is 0.0909. The van der Waals surface area contributed by atoms with Crippen LogP contribution in [0.15, 0.2) is 59.4 Å². The third kappa shape index (κ3) is 3.29. The van der Waals surface area contributed by atoms with Gasteiger partial charge < -0.3 is 23.5 Å². The number of para-hydroxylation sites is 1. The lowest BCUT2D eigenvalue weighted by molar-refractivity contribution is 0.0732. The van der Waals surface area contributed by atoms with Gasteiger partial charge in [-0.25, -0.2) is 0 Å². The number of ether oxygens (including phenoxy) is 3. The molecule has 1 aliphatic rings. The maximum atomic E-state index is 12.8. The van der Waals surface area contributed by atoms with Gasteiger partial charge in [0.05, 0.1) is 32.6 Å². The number of hydrogen-bond donors (Lipinski definition) is 0. The van der Waals surface area contributed by atoms with Gasteiger partial charge in [0, 0.05) is 17.7 Å². The summed E-state index contributed by atoms with van der Waals surface area (Å²) >= 11 is 0. The predicted octanol–water partition coefficient (Wildman–Crippen LogP) is 4.00. The van der Waals surface area contributed by atoms with Crippen molar-refractivity contribution in [3.8, 4) is 28.4 Å². The van der Waals surface area contributed by atoms with Gasteiger partial charge in [-0.3, -0.25) is 4.79 Å². The number of fused-ring (bicyclic) bond motifs is 1. The van der Waals surface area contributed by atoms with Gasteiger partial charge in [-0.2, -0.15) is 0 Å². The van der Waals surface area contributed by atoms with Gasteiger partial charge in [0.2, 0.25) is 0 Å². The molecule has 2 heterocycles. The minimum Gasteiger partial charge on any atom is -0.496 e. The lowest BCUT2D eigenvalue weighted by atomic mass is 10.0. The molecule has 4 rings (SSSR count). The van der Waals surface area contributed by atoms with E-state index >= 15 is 0 Å². The van der Waals surface area contributed by atoms with Crippen molar-refractivity contribution in [2.75, 3.05) is 27.4 Å². The molecule has 1 aliphatic heterocycles. The zero-order valence-corrected chi connectivity index (χ0v) is 15.8. The first-order valence-electron chi connectivity index (χ1n) is 9.00. The predicted molar refractivity (Wildman–Crippen MR) is 104 cm³/mol. The average molecular weight is 379 g/mol. The van der Waals surface area contributed by atoms with Crippen molar-refractivity contribution in [1.82, 2.24) is 4.90 Å². The molecule has 6 nitrogen and oxygen atoms in total. The van der Waals surface area contributed by atoms with Crippen molar-refractivity contribution in [1.29, 1.82) is 0 Å². The summed E-state index contributed by atoms with van der Waals surface area (Å²) in [4.78, 5) is 14.5. The van der Waals surface area contributed by atoms with Crippen LogP contribution in [0.1, 0.15) is 15.9 Å². The van der Waals surface area contributed by atoms with Crippen molar-refractivity contribution in [2.45, 2.75) is 6.54 Å². The molecule has 1 aromatic heterocycles. The average Bonchev–Trinajstić information content (AvgIpc) is 3.19. The van der Waals surface area contributed by atoms with E-state index in [9.17, 15) is 4.79 Å². The van der Waals surface area contributed by atoms with E-state index in [0.717, 1.165) is 22.4 Å². The molecule has 2 aromatic carbocycles. The Morgan fingerprint density at radius 1 is 1.07 bits per heavy atom. The second-order valence-electron chi connectivity index (χ2n) is 6.45. The van der Waals surface area contributed by atoms with E-state index in [1.165, 1.54) is 12.5 Å². The van der Waals surface area contributed by atoms with E-state index < -0.39 is 0 Å². The van der Waals surface area contributed by atoms with E-state index in [2.05, 4.69) is 0 Å². The van der Waals surface area contributed by atoms with Crippen LogP contribution >= 0.6 is 0 Å². The van der Waals surface area contributed by atoms with Gasteiger partial charge in [-0.1, -0.05) is 18.2 Å². The number of furan rings is 1. The minimum atomic E-state index is -0.0909. The maximum absolute atomic E-state index is 12.8. The summed E-state index contributed by atoms with van der Waals surface area (Å²) in [6.45, 7) is 1.28. The summed E-state index contributed by atoms with van der Waals surface area (Å²) in [6.07, 6.45) is 2.96. The Labute approximate surface area is 163 Å². The fourth-order valence-electron chi connectivity index (χ4n) is 3.42. The molecule has 0 radical (unpaired) electrons. The van der Waals surface area contributed by atoms with Crippen molar-refractivity contribution in [3.63, 3.8) is 0 Å². The van der Waals surface area contributed by atoms with E-state index in [0.29, 0.717) is 36.8 Å². The molecular formula is C22H21NO5. The van der Waals surface area contributed by atoms with E-state index in [-0.39, 0.29) is 5.91 Å². The second kappa shape index (κ2) is 7.68. The first kappa shape index (κ1) is 18.0. The maximum Gasteiger partial charge on any atom is 0.257 e. The largest absolute Gasteiger partial charge is 0.496 e. The van der Waals surface area contributed by atoms with Gasteiger partial charge in [0.25, 0.3) is 5.91 Å². The first-order chi connectivity index (χ1) is 13.7. The molecule has 0 bridgehead atoms. The molecule has 6 heteroatoms. The normalized spacial score (nSPS) is 13.3. The van der Waals surface area contributed by atoms with Gasteiger partial charge >= 0.3 is 0 Å². The molecule has 0 saturated carbocycles. The zero-order valence-electron chi connectivity index (χ0n) is 15.8. The molecule has 0 spiro atoms. The van der Waals surface area contributed by atoms with Crippen LogP contribution in [0.25, 0.3) is 11.1 Å². The summed E-state index contributed by atoms with van der Waals surface area (Å²) in [5.74, 6) is 1.98. The van der Waals surface area contributed by atoms with Crippen LogP contribution in [0.3, 0.4) is 0 Å². The van der Waals surface area contributed by atoms with Crippen molar-refractivity contribution < 1.29 is 23.4 Å². The number of benzene rings is 2. The Balaban J connectivity index is 1.76. The fourth-order valence-corrected chi connectivity index (χ4v) is 3.42. The highest BCUT2D eigenvalue weighted by Gasteiger charge is 2.25. The Morgan fingerprint density at radius 3 is 2.64 bits per heavy atom. The van der Waals surface area contributed by atoms with Crippen LogP contribution in [-0.2, 0) is 6.54 Å². The van der Waals surface area contributed by atoms with Crippen LogP contribution in [-0.4, -0.2) is 38.2 Å². The zero-order chi connectivity index (χ0) is 19.5. The van der Waals surface area contributed by atoms with E-state index in [1.54, 1.807) is 25.2 Å². The van der Waals surface area contributed by atoms with Crippen LogP contribution in [0.4, 0.5) is 0 Å². The lowest BCUT2D eigenvalue weighted by Crippen LogP contribution is -2.32. The van der Waals surface area contributed by atoms with Crippen LogP contribution in [0.2, 0.25) is 0 Å². The number of hydrogen-bond acceptors (Lipinski definition) is 5. The van der Waals surface area contributed by atoms with Gasteiger partial charge in [0.15, 0.2) is 11.5 Å². The molecule has 0 N–H and O–H groups in total. The molecular weight excluding hydrogens is 358 g/mol. The molecule has 1 amide bonds. The standard InChI is InChI=1S/C22H21NO5/c1-25-19-6-4-3-5-18(19)16-11-17-13-23(22(24)15-7-9-27-14-15)8-10-28-21(17)20(12-16)26-2/h3-7,9,11-12,14H,8,10,13H2,1-2H3. The second-order valence-corrected chi connectivity index (χ2v) is 6.45. The Hall–Kier alpha value is -3.41. The Bertz CT molecular complexity index is 981. The lowest BCUT2D eigenvalue weighted by Gasteiger charge is -2.19. The van der Waals surface area contributed by atoms with E-state index in [4.69, 9.17) is 18.6 Å². The summed E-state index contributed by atoms with van der Waals surface area (Å²) in [7, 11) is 3.26. The first-order valence-corrected chi connectivity index (χ1v) is 9.00. The number of carbonyl (C=O) groups is 1. The molecule has 0 saturated heterocycles. The monoisotopic (exact) mass is 379 g/mol. The van der Waals surface area contributed by atoms with Crippen molar-refractivity contribution >= 4 is 5.91 Å². The van der Waals surface area contributed by atoms with Crippen LogP contribution in [0, 0.1) is 0 Å². The number of nitrogens with zero attached hydrogens (tertiary/aromatic N) is 1. The smallest absolute Gasteiger partial charge is 0.257 e. The molecule has 0 aliphatic carbocycles. The van der Waals surface area contributed by atoms with Gasteiger partial charge in [0.1, 0.15) is 18.6 Å². The SMILES string of the molecule is COc1ccccc1-c1cc2c(c(OC)c1)OCCN(C(=O)c1ccoc1)C2. The molecule has 28 heavy (non-hydrogen) atoms. The topological polar surface area (TPSA) is 61.1 Å². The molecule has 0 unspecified atom stereocenters. The molecule has 3 aromatic rings. The summed E-state index contributed by atoms with van der Waals surface area (Å²) in [6, 6.07) is 13.4. The Morgan fingerprint density at radius 2 is 1.89 bits per heavy atom. The summed E-state index contributed by atoms with van der Waals surface area (Å²) in [5, 5.41) is 0. The number of methoxy groups -OCH3 is 2. The summed E-state index contributed by atoms with van der Waals surface area (Å²) in [5.41, 5.74) is 3.29. The van der Waals surface area contributed by atoms with Crippen LogP contribution in [0.5, 0.6) is 17.2 Å². The fraction of sp³-hybridized carbons (Fsp3) is 0.227.